The molecule has 158 valence electrons. The highest BCUT2D eigenvalue weighted by atomic mass is 35.5. The lowest BCUT2D eigenvalue weighted by Crippen LogP contribution is -2.18. The third-order valence-electron chi connectivity index (χ3n) is 4.24. The van der Waals surface area contributed by atoms with Crippen molar-refractivity contribution in [3.8, 4) is 0 Å². The van der Waals surface area contributed by atoms with Crippen molar-refractivity contribution >= 4 is 69.6 Å². The van der Waals surface area contributed by atoms with Crippen molar-refractivity contribution in [1.82, 2.24) is 0 Å². The Morgan fingerprint density at radius 2 is 1.60 bits per heavy atom. The fourth-order valence-electron chi connectivity index (χ4n) is 2.62. The molecule has 11 heteroatoms. The van der Waals surface area contributed by atoms with Crippen molar-refractivity contribution in [3.63, 3.8) is 0 Å². The molecule has 1 aliphatic rings. The fourth-order valence-corrected chi connectivity index (χ4v) is 3.33. The summed E-state index contributed by atoms with van der Waals surface area (Å²) in [6, 6.07) is 5.60. The highest BCUT2D eigenvalue weighted by Gasteiger charge is 2.56. The lowest BCUT2D eigenvalue weighted by atomic mass is 10.1. The maximum absolute atomic E-state index is 14.1. The lowest BCUT2D eigenvalue weighted by molar-refractivity contribution is -0.117. The van der Waals surface area contributed by atoms with Crippen LogP contribution < -0.4 is 16.0 Å². The number of carbonyl (C=O) groups is 3. The molecule has 3 amide bonds. The summed E-state index contributed by atoms with van der Waals surface area (Å²) in [4.78, 5) is 35.9. The zero-order valence-corrected chi connectivity index (χ0v) is 17.6. The van der Waals surface area contributed by atoms with Crippen molar-refractivity contribution in [2.45, 2.75) is 17.7 Å². The van der Waals surface area contributed by atoms with Crippen LogP contribution in [-0.2, 0) is 9.59 Å². The van der Waals surface area contributed by atoms with Crippen LogP contribution in [0.25, 0.3) is 0 Å². The summed E-state index contributed by atoms with van der Waals surface area (Å²) < 4.78 is 26.7. The van der Waals surface area contributed by atoms with E-state index in [1.807, 2.05) is 0 Å². The molecule has 30 heavy (non-hydrogen) atoms. The SMILES string of the molecule is CC(=O)Nc1cc(NC(=O)c2cc(NC(=O)C3CC3(Cl)Cl)ccc2Cl)c(F)cc1F. The van der Waals surface area contributed by atoms with Gasteiger partial charge in [-0.15, -0.1) is 23.2 Å². The Morgan fingerprint density at radius 3 is 2.17 bits per heavy atom. The zero-order chi connectivity index (χ0) is 22.2. The van der Waals surface area contributed by atoms with E-state index >= 15 is 0 Å². The second-order valence-corrected chi connectivity index (χ2v) is 8.60. The molecule has 3 rings (SSSR count). The number of hydrogen-bond acceptors (Lipinski definition) is 3. The highest BCUT2D eigenvalue weighted by Crippen LogP contribution is 2.53. The van der Waals surface area contributed by atoms with E-state index in [9.17, 15) is 23.2 Å². The number of benzene rings is 2. The molecule has 1 unspecified atom stereocenters. The average Bonchev–Trinajstić information content (AvgIpc) is 3.29. The van der Waals surface area contributed by atoms with Gasteiger partial charge in [0.25, 0.3) is 5.91 Å². The number of rotatable bonds is 5. The Balaban J connectivity index is 1.80. The number of carbonyl (C=O) groups excluding carboxylic acids is 3. The smallest absolute Gasteiger partial charge is 0.257 e. The molecule has 1 atom stereocenters. The van der Waals surface area contributed by atoms with Gasteiger partial charge < -0.3 is 16.0 Å². The maximum Gasteiger partial charge on any atom is 0.257 e. The molecule has 0 aliphatic heterocycles. The van der Waals surface area contributed by atoms with Gasteiger partial charge in [0.05, 0.1) is 27.9 Å². The number of hydrogen-bond donors (Lipinski definition) is 3. The number of alkyl halides is 2. The van der Waals surface area contributed by atoms with Gasteiger partial charge in [-0.1, -0.05) is 11.6 Å². The van der Waals surface area contributed by atoms with Crippen molar-refractivity contribution in [3.05, 3.63) is 52.6 Å². The van der Waals surface area contributed by atoms with Gasteiger partial charge in [0.15, 0.2) is 0 Å². The van der Waals surface area contributed by atoms with E-state index in [0.717, 1.165) is 13.0 Å². The molecule has 2 aromatic carbocycles. The number of anilines is 3. The maximum atomic E-state index is 14.1. The Hall–Kier alpha value is -2.42. The van der Waals surface area contributed by atoms with Gasteiger partial charge in [-0.05, 0) is 30.7 Å². The van der Waals surface area contributed by atoms with Gasteiger partial charge in [0.2, 0.25) is 11.8 Å². The quantitative estimate of drug-likeness (QED) is 0.533. The first kappa shape index (κ1) is 22.3. The van der Waals surface area contributed by atoms with Gasteiger partial charge in [0, 0.05) is 18.7 Å². The van der Waals surface area contributed by atoms with Gasteiger partial charge in [-0.25, -0.2) is 8.78 Å². The summed E-state index contributed by atoms with van der Waals surface area (Å²) in [5.74, 6) is -4.43. The minimum atomic E-state index is -1.11. The molecule has 1 aliphatic carbocycles. The molecule has 0 saturated heterocycles. The van der Waals surface area contributed by atoms with Gasteiger partial charge in [0.1, 0.15) is 16.0 Å². The van der Waals surface area contributed by atoms with Gasteiger partial charge in [-0.2, -0.15) is 0 Å². The van der Waals surface area contributed by atoms with Crippen LogP contribution in [0.2, 0.25) is 5.02 Å². The highest BCUT2D eigenvalue weighted by molar-refractivity contribution is 6.52. The van der Waals surface area contributed by atoms with E-state index in [4.69, 9.17) is 34.8 Å². The van der Waals surface area contributed by atoms with Crippen LogP contribution in [0.4, 0.5) is 25.8 Å². The van der Waals surface area contributed by atoms with Crippen molar-refractivity contribution in [2.24, 2.45) is 5.92 Å². The summed E-state index contributed by atoms with van der Waals surface area (Å²) >= 11 is 17.8. The summed E-state index contributed by atoms with van der Waals surface area (Å²) in [5, 5.41) is 7.07. The van der Waals surface area contributed by atoms with E-state index in [1.54, 1.807) is 0 Å². The van der Waals surface area contributed by atoms with E-state index in [-0.39, 0.29) is 27.6 Å². The van der Waals surface area contributed by atoms with Crippen LogP contribution in [0.3, 0.4) is 0 Å². The van der Waals surface area contributed by atoms with Crippen LogP contribution >= 0.6 is 34.8 Å². The number of halogens is 5. The lowest BCUT2D eigenvalue weighted by Gasteiger charge is -2.12. The molecular formula is C19H14Cl3F2N3O3. The molecule has 0 radical (unpaired) electrons. The molecule has 3 N–H and O–H groups in total. The van der Waals surface area contributed by atoms with E-state index in [0.29, 0.717) is 12.5 Å². The summed E-state index contributed by atoms with van der Waals surface area (Å²) in [6.07, 6.45) is 0.309. The molecule has 0 heterocycles. The van der Waals surface area contributed by atoms with E-state index in [2.05, 4.69) is 16.0 Å². The normalized spacial score (nSPS) is 16.5. The predicted molar refractivity (Wildman–Crippen MR) is 111 cm³/mol. The number of amides is 3. The Kier molecular flexibility index (Phi) is 6.21. The third kappa shape index (κ3) is 5.00. The Morgan fingerprint density at radius 1 is 1.00 bits per heavy atom. The van der Waals surface area contributed by atoms with Crippen molar-refractivity contribution in [2.75, 3.05) is 16.0 Å². The molecule has 0 aromatic heterocycles. The molecule has 2 aromatic rings. The Labute approximate surface area is 184 Å². The van der Waals surface area contributed by atoms with Crippen LogP contribution in [0.1, 0.15) is 23.7 Å². The first-order valence-corrected chi connectivity index (χ1v) is 9.67. The minimum Gasteiger partial charge on any atom is -0.326 e. The topological polar surface area (TPSA) is 87.3 Å². The summed E-state index contributed by atoms with van der Waals surface area (Å²) in [5.41, 5.74) is -0.494. The van der Waals surface area contributed by atoms with Crippen LogP contribution in [0, 0.1) is 17.6 Å². The average molecular weight is 477 g/mol. The molecule has 1 saturated carbocycles. The van der Waals surface area contributed by atoms with E-state index in [1.165, 1.54) is 18.2 Å². The fraction of sp³-hybridized carbons (Fsp3) is 0.211. The molecular weight excluding hydrogens is 463 g/mol. The van der Waals surface area contributed by atoms with Crippen LogP contribution in [0.15, 0.2) is 30.3 Å². The number of nitrogens with one attached hydrogen (secondary N) is 3. The molecule has 0 spiro atoms. The van der Waals surface area contributed by atoms with Crippen LogP contribution in [0.5, 0.6) is 0 Å². The van der Waals surface area contributed by atoms with Crippen molar-refractivity contribution < 1.29 is 23.2 Å². The van der Waals surface area contributed by atoms with Gasteiger partial charge in [-0.3, -0.25) is 14.4 Å². The minimum absolute atomic E-state index is 0.0329. The monoisotopic (exact) mass is 475 g/mol. The van der Waals surface area contributed by atoms with E-state index < -0.39 is 39.6 Å². The summed E-state index contributed by atoms with van der Waals surface area (Å²) in [7, 11) is 0. The second kappa shape index (κ2) is 8.37. The van der Waals surface area contributed by atoms with Crippen LogP contribution in [-0.4, -0.2) is 22.1 Å². The molecule has 0 bridgehead atoms. The standard InChI is InChI=1S/C19H14Cl3F2N3O3/c1-8(28)25-15-6-16(14(24)5-13(15)23)27-17(29)10-4-9(2-3-12(10)20)26-18(30)11-7-19(11,21)22/h2-6,11H,7H2,1H3,(H,25,28)(H,26,30)(H,27,29). The largest absolute Gasteiger partial charge is 0.326 e. The molecule has 6 nitrogen and oxygen atoms in total. The Bertz CT molecular complexity index is 1060. The second-order valence-electron chi connectivity index (χ2n) is 6.65. The third-order valence-corrected chi connectivity index (χ3v) is 5.40. The molecule has 1 fully saturated rings. The van der Waals surface area contributed by atoms with Gasteiger partial charge >= 0.3 is 0 Å². The zero-order valence-electron chi connectivity index (χ0n) is 15.3. The first-order chi connectivity index (χ1) is 14.0. The summed E-state index contributed by atoms with van der Waals surface area (Å²) in [6.45, 7) is 1.15. The predicted octanol–water partition coefficient (Wildman–Crippen LogP) is 4.96. The first-order valence-electron chi connectivity index (χ1n) is 8.54. The van der Waals surface area contributed by atoms with Crippen molar-refractivity contribution in [1.29, 1.82) is 0 Å².